The van der Waals surface area contributed by atoms with Crippen molar-refractivity contribution in [1.29, 1.82) is 0 Å². The van der Waals surface area contributed by atoms with Crippen molar-refractivity contribution in [3.8, 4) is 11.5 Å². The van der Waals surface area contributed by atoms with Gasteiger partial charge in [-0.3, -0.25) is 4.68 Å². The number of aryl methyl sites for hydroxylation is 1. The van der Waals surface area contributed by atoms with E-state index in [9.17, 15) is 5.11 Å². The highest BCUT2D eigenvalue weighted by Crippen LogP contribution is 2.28. The van der Waals surface area contributed by atoms with E-state index in [-0.39, 0.29) is 5.15 Å². The first-order valence-electron chi connectivity index (χ1n) is 8.09. The van der Waals surface area contributed by atoms with E-state index in [1.165, 1.54) is 0 Å². The van der Waals surface area contributed by atoms with Crippen LogP contribution in [-0.4, -0.2) is 31.9 Å². The normalized spacial score (nSPS) is 13.0. The molecule has 0 saturated heterocycles. The molecule has 8 heteroatoms. The van der Waals surface area contributed by atoms with Gasteiger partial charge in [0.05, 0.1) is 17.3 Å². The first-order chi connectivity index (χ1) is 12.2. The molecule has 1 atom stereocenters. The number of anilines is 1. The Morgan fingerprint density at radius 2 is 1.96 bits per heavy atom. The number of nitrogens with zero attached hydrogens (tertiary/aromatic N) is 3. The highest BCUT2D eigenvalue weighted by atomic mass is 35.5. The fraction of sp³-hybridized carbons (Fsp3) is 0.333. The number of hydrogen-bond acceptors (Lipinski definition) is 6. The molecule has 0 aliphatic heterocycles. The van der Waals surface area contributed by atoms with Crippen molar-refractivity contribution in [2.45, 2.75) is 32.8 Å². The Morgan fingerprint density at radius 1 is 1.19 bits per heavy atom. The lowest BCUT2D eigenvalue weighted by atomic mass is 10.2. The Labute approximate surface area is 156 Å². The molecular formula is C18H21ClN4O3. The lowest BCUT2D eigenvalue weighted by Gasteiger charge is -2.24. The molecule has 1 aromatic carbocycles. The van der Waals surface area contributed by atoms with Crippen LogP contribution in [0.4, 0.5) is 5.82 Å². The summed E-state index contributed by atoms with van der Waals surface area (Å²) in [5.74, 6) is 1.46. The highest BCUT2D eigenvalue weighted by Gasteiger charge is 2.17. The first-order valence-corrected chi connectivity index (χ1v) is 8.47. The summed E-state index contributed by atoms with van der Waals surface area (Å²) in [7, 11) is 1.87. The van der Waals surface area contributed by atoms with E-state index in [2.05, 4.69) is 15.4 Å². The topological polar surface area (TPSA) is 81.4 Å². The monoisotopic (exact) mass is 376 g/mol. The van der Waals surface area contributed by atoms with Crippen LogP contribution < -0.4 is 10.1 Å². The van der Waals surface area contributed by atoms with Crippen molar-refractivity contribution >= 4 is 28.3 Å². The third kappa shape index (κ3) is 4.63. The molecule has 7 nitrogen and oxygen atoms in total. The summed E-state index contributed by atoms with van der Waals surface area (Å²) in [5, 5.41) is 18.2. The van der Waals surface area contributed by atoms with Crippen molar-refractivity contribution in [2.75, 3.05) is 5.32 Å². The zero-order valence-corrected chi connectivity index (χ0v) is 15.8. The van der Waals surface area contributed by atoms with Gasteiger partial charge in [-0.2, -0.15) is 5.10 Å². The van der Waals surface area contributed by atoms with Gasteiger partial charge in [-0.25, -0.2) is 4.98 Å². The number of aliphatic hydroxyl groups is 1. The number of benzene rings is 1. The summed E-state index contributed by atoms with van der Waals surface area (Å²) in [5.41, 5.74) is 0.443. The molecule has 0 fully saturated rings. The van der Waals surface area contributed by atoms with Crippen LogP contribution in [0.1, 0.15) is 20.8 Å². The molecule has 0 bridgehead atoms. The second-order valence-corrected chi connectivity index (χ2v) is 7.22. The summed E-state index contributed by atoms with van der Waals surface area (Å²) in [6.07, 6.45) is 0.570. The van der Waals surface area contributed by atoms with Gasteiger partial charge in [-0.15, -0.1) is 0 Å². The number of nitrogens with one attached hydrogen (secondary N) is 1. The quantitative estimate of drug-likeness (QED) is 0.519. The first kappa shape index (κ1) is 18.4. The van der Waals surface area contributed by atoms with Crippen molar-refractivity contribution in [1.82, 2.24) is 14.8 Å². The third-order valence-electron chi connectivity index (χ3n) is 3.46. The SMILES string of the molecule is Cn1ncc2ccc(Oc3cc(Cl)nc(NC(O)OC(C)(C)C)c3)cc21. The molecule has 138 valence electrons. The number of halogens is 1. The highest BCUT2D eigenvalue weighted by molar-refractivity contribution is 6.29. The molecule has 3 rings (SSSR count). The van der Waals surface area contributed by atoms with E-state index in [1.807, 2.05) is 46.0 Å². The number of pyridine rings is 1. The predicted molar refractivity (Wildman–Crippen MR) is 101 cm³/mol. The van der Waals surface area contributed by atoms with E-state index in [0.717, 1.165) is 10.9 Å². The Bertz CT molecular complexity index is 920. The molecule has 26 heavy (non-hydrogen) atoms. The number of aromatic nitrogens is 3. The minimum atomic E-state index is -1.22. The summed E-state index contributed by atoms with van der Waals surface area (Å²) in [4.78, 5) is 4.12. The zero-order chi connectivity index (χ0) is 18.9. The number of hydrogen-bond donors (Lipinski definition) is 2. The lowest BCUT2D eigenvalue weighted by molar-refractivity contribution is -0.148. The number of aliphatic hydroxyl groups excluding tert-OH is 1. The van der Waals surface area contributed by atoms with E-state index in [0.29, 0.717) is 17.3 Å². The predicted octanol–water partition coefficient (Wildman–Crippen LogP) is 3.92. The van der Waals surface area contributed by atoms with Crippen LogP contribution in [0.2, 0.25) is 5.15 Å². The van der Waals surface area contributed by atoms with Gasteiger partial charge in [-0.05, 0) is 32.9 Å². The maximum atomic E-state index is 9.97. The molecule has 0 aliphatic carbocycles. The van der Waals surface area contributed by atoms with Crippen LogP contribution in [0.15, 0.2) is 36.5 Å². The molecule has 2 aromatic heterocycles. The van der Waals surface area contributed by atoms with Gasteiger partial charge < -0.3 is 19.9 Å². The lowest BCUT2D eigenvalue weighted by Crippen LogP contribution is -2.32. The fourth-order valence-electron chi connectivity index (χ4n) is 2.42. The van der Waals surface area contributed by atoms with E-state index in [4.69, 9.17) is 21.1 Å². The van der Waals surface area contributed by atoms with E-state index >= 15 is 0 Å². The van der Waals surface area contributed by atoms with Crippen LogP contribution in [0.25, 0.3) is 10.9 Å². The molecule has 3 aromatic rings. The van der Waals surface area contributed by atoms with Gasteiger partial charge in [0, 0.05) is 30.6 Å². The second-order valence-electron chi connectivity index (χ2n) is 6.83. The Morgan fingerprint density at radius 3 is 2.69 bits per heavy atom. The molecular weight excluding hydrogens is 356 g/mol. The summed E-state index contributed by atoms with van der Waals surface area (Å²) < 4.78 is 13.1. The molecule has 0 aliphatic rings. The van der Waals surface area contributed by atoms with Gasteiger partial charge in [0.1, 0.15) is 22.5 Å². The molecule has 0 saturated carbocycles. The number of ether oxygens (including phenoxy) is 2. The van der Waals surface area contributed by atoms with Crippen molar-refractivity contribution < 1.29 is 14.6 Å². The Kier molecular flexibility index (Phi) is 5.04. The second kappa shape index (κ2) is 7.11. The number of fused-ring (bicyclic) bond motifs is 1. The van der Waals surface area contributed by atoms with Crippen molar-refractivity contribution in [3.63, 3.8) is 0 Å². The van der Waals surface area contributed by atoms with Crippen LogP contribution in [0, 0.1) is 0 Å². The average Bonchev–Trinajstić information content (AvgIpc) is 2.85. The average molecular weight is 377 g/mol. The molecule has 0 spiro atoms. The molecule has 0 radical (unpaired) electrons. The van der Waals surface area contributed by atoms with Crippen LogP contribution in [-0.2, 0) is 11.8 Å². The molecule has 0 amide bonds. The Balaban J connectivity index is 1.79. The van der Waals surface area contributed by atoms with Gasteiger partial charge in [-0.1, -0.05) is 11.6 Å². The van der Waals surface area contributed by atoms with E-state index in [1.54, 1.807) is 23.0 Å². The van der Waals surface area contributed by atoms with Crippen LogP contribution >= 0.6 is 11.6 Å². The van der Waals surface area contributed by atoms with Gasteiger partial charge in [0.15, 0.2) is 0 Å². The van der Waals surface area contributed by atoms with E-state index < -0.39 is 12.0 Å². The minimum absolute atomic E-state index is 0.231. The summed E-state index contributed by atoms with van der Waals surface area (Å²) in [6.45, 7) is 5.52. The van der Waals surface area contributed by atoms with Gasteiger partial charge in [0.2, 0.25) is 6.41 Å². The van der Waals surface area contributed by atoms with Crippen LogP contribution in [0.3, 0.4) is 0 Å². The van der Waals surface area contributed by atoms with Crippen molar-refractivity contribution in [2.24, 2.45) is 7.05 Å². The maximum Gasteiger partial charge on any atom is 0.237 e. The largest absolute Gasteiger partial charge is 0.457 e. The smallest absolute Gasteiger partial charge is 0.237 e. The van der Waals surface area contributed by atoms with Gasteiger partial charge in [0.25, 0.3) is 0 Å². The molecule has 2 N–H and O–H groups in total. The molecule has 2 heterocycles. The summed E-state index contributed by atoms with van der Waals surface area (Å²) in [6, 6.07) is 8.90. The zero-order valence-electron chi connectivity index (χ0n) is 15.0. The summed E-state index contributed by atoms with van der Waals surface area (Å²) >= 11 is 6.07. The number of rotatable bonds is 5. The third-order valence-corrected chi connectivity index (χ3v) is 3.65. The standard InChI is InChI=1S/C18H21ClN4O3/c1-18(2,3)26-17(24)22-16-9-13(8-15(19)21-16)25-12-6-5-11-10-20-23(4)14(11)7-12/h5-10,17,24H,1-4H3,(H,21,22). The van der Waals surface area contributed by atoms with Crippen LogP contribution in [0.5, 0.6) is 11.5 Å². The van der Waals surface area contributed by atoms with Crippen molar-refractivity contribution in [3.05, 3.63) is 41.7 Å². The fourth-order valence-corrected chi connectivity index (χ4v) is 2.62. The maximum absolute atomic E-state index is 9.97. The molecule has 1 unspecified atom stereocenters. The Hall–Kier alpha value is -2.35. The van der Waals surface area contributed by atoms with Gasteiger partial charge >= 0.3 is 0 Å². The minimum Gasteiger partial charge on any atom is -0.457 e.